The number of carbonyl (C=O) groups excluding carboxylic acids is 1. The van der Waals surface area contributed by atoms with E-state index in [0.29, 0.717) is 24.8 Å². The van der Waals surface area contributed by atoms with Gasteiger partial charge >= 0.3 is 0 Å². The molecule has 1 amide bonds. The third kappa shape index (κ3) is 1.48. The predicted octanol–water partition coefficient (Wildman–Crippen LogP) is -0.283. The Morgan fingerprint density at radius 2 is 2.60 bits per heavy atom. The fraction of sp³-hybridized carbons (Fsp3) is 0.857. The molecule has 1 heterocycles. The standard InChI is InChI=1S/C7H14N2O/c1-5(3-8)6-2-7(10)9-4-6/h5-6H,2-4,8H2,1H3,(H,9,10). The Morgan fingerprint density at radius 3 is 3.00 bits per heavy atom. The van der Waals surface area contributed by atoms with Crippen LogP contribution in [0.2, 0.25) is 0 Å². The van der Waals surface area contributed by atoms with Crippen LogP contribution in [0.15, 0.2) is 0 Å². The van der Waals surface area contributed by atoms with Gasteiger partial charge in [-0.1, -0.05) is 6.92 Å². The fourth-order valence-corrected chi connectivity index (χ4v) is 1.22. The Labute approximate surface area is 61.0 Å². The minimum absolute atomic E-state index is 0.172. The molecule has 0 spiro atoms. The lowest BCUT2D eigenvalue weighted by atomic mass is 9.93. The zero-order valence-electron chi connectivity index (χ0n) is 6.26. The SMILES string of the molecule is CC(CN)C1CNC(=O)C1. The van der Waals surface area contributed by atoms with Crippen molar-refractivity contribution < 1.29 is 4.79 Å². The first-order valence-electron chi connectivity index (χ1n) is 3.70. The average molecular weight is 142 g/mol. The van der Waals surface area contributed by atoms with Gasteiger partial charge in [0.05, 0.1) is 0 Å². The second-order valence-corrected chi connectivity index (χ2v) is 2.98. The van der Waals surface area contributed by atoms with Gasteiger partial charge < -0.3 is 11.1 Å². The molecule has 3 nitrogen and oxygen atoms in total. The van der Waals surface area contributed by atoms with E-state index < -0.39 is 0 Å². The quantitative estimate of drug-likeness (QED) is 0.557. The molecule has 1 fully saturated rings. The Hall–Kier alpha value is -0.570. The van der Waals surface area contributed by atoms with Crippen LogP contribution in [0, 0.1) is 11.8 Å². The van der Waals surface area contributed by atoms with Gasteiger partial charge in [-0.2, -0.15) is 0 Å². The molecule has 0 saturated carbocycles. The minimum Gasteiger partial charge on any atom is -0.356 e. The molecule has 3 N–H and O–H groups in total. The number of nitrogens with two attached hydrogens (primary N) is 1. The van der Waals surface area contributed by atoms with Crippen LogP contribution in [0.4, 0.5) is 0 Å². The van der Waals surface area contributed by atoms with E-state index >= 15 is 0 Å². The molecule has 0 radical (unpaired) electrons. The monoisotopic (exact) mass is 142 g/mol. The second kappa shape index (κ2) is 3.01. The Kier molecular flexibility index (Phi) is 2.27. The number of rotatable bonds is 2. The van der Waals surface area contributed by atoms with Crippen molar-refractivity contribution in [3.63, 3.8) is 0 Å². The van der Waals surface area contributed by atoms with Crippen molar-refractivity contribution in [3.8, 4) is 0 Å². The third-order valence-corrected chi connectivity index (χ3v) is 2.19. The highest BCUT2D eigenvalue weighted by Gasteiger charge is 2.25. The van der Waals surface area contributed by atoms with Crippen LogP contribution in [0.1, 0.15) is 13.3 Å². The maximum atomic E-state index is 10.7. The summed E-state index contributed by atoms with van der Waals surface area (Å²) in [6, 6.07) is 0. The summed E-state index contributed by atoms with van der Waals surface area (Å²) in [5, 5.41) is 2.79. The van der Waals surface area contributed by atoms with Gasteiger partial charge in [0.2, 0.25) is 5.91 Å². The van der Waals surface area contributed by atoms with Crippen LogP contribution in [-0.2, 0) is 4.79 Å². The minimum atomic E-state index is 0.172. The lowest BCUT2D eigenvalue weighted by Gasteiger charge is -2.13. The zero-order chi connectivity index (χ0) is 7.56. The number of hydrogen-bond acceptors (Lipinski definition) is 2. The lowest BCUT2D eigenvalue weighted by molar-refractivity contribution is -0.119. The summed E-state index contributed by atoms with van der Waals surface area (Å²) in [4.78, 5) is 10.7. The second-order valence-electron chi connectivity index (χ2n) is 2.98. The van der Waals surface area contributed by atoms with Crippen molar-refractivity contribution in [2.45, 2.75) is 13.3 Å². The summed E-state index contributed by atoms with van der Waals surface area (Å²) < 4.78 is 0. The van der Waals surface area contributed by atoms with Crippen LogP contribution < -0.4 is 11.1 Å². The average Bonchev–Trinajstić information content (AvgIpc) is 2.34. The summed E-state index contributed by atoms with van der Waals surface area (Å²) >= 11 is 0. The molecule has 0 bridgehead atoms. The molecule has 2 atom stereocenters. The van der Waals surface area contributed by atoms with E-state index in [1.807, 2.05) is 0 Å². The molecule has 0 aromatic carbocycles. The summed E-state index contributed by atoms with van der Waals surface area (Å²) in [5.74, 6) is 1.11. The molecule has 0 aromatic heterocycles. The van der Waals surface area contributed by atoms with Gasteiger partial charge in [-0.15, -0.1) is 0 Å². The Balaban J connectivity index is 2.36. The van der Waals surface area contributed by atoms with Gasteiger partial charge in [0.25, 0.3) is 0 Å². The van der Waals surface area contributed by atoms with Crippen LogP contribution >= 0.6 is 0 Å². The summed E-state index contributed by atoms with van der Waals surface area (Å²) in [6.07, 6.45) is 0.665. The van der Waals surface area contributed by atoms with Crippen molar-refractivity contribution in [2.24, 2.45) is 17.6 Å². The van der Waals surface area contributed by atoms with Gasteiger partial charge in [-0.3, -0.25) is 4.79 Å². The van der Waals surface area contributed by atoms with Gasteiger partial charge in [0.15, 0.2) is 0 Å². The number of hydrogen-bond donors (Lipinski definition) is 2. The smallest absolute Gasteiger partial charge is 0.220 e. The maximum absolute atomic E-state index is 10.7. The van der Waals surface area contributed by atoms with E-state index in [-0.39, 0.29) is 5.91 Å². The molecule has 0 aliphatic carbocycles. The van der Waals surface area contributed by atoms with E-state index in [2.05, 4.69) is 12.2 Å². The van der Waals surface area contributed by atoms with Crippen molar-refractivity contribution in [1.82, 2.24) is 5.32 Å². The van der Waals surface area contributed by atoms with Gasteiger partial charge in [0.1, 0.15) is 0 Å². The Morgan fingerprint density at radius 1 is 1.90 bits per heavy atom. The molecular weight excluding hydrogens is 128 g/mol. The molecule has 0 aromatic rings. The molecule has 58 valence electrons. The molecule has 2 unspecified atom stereocenters. The van der Waals surface area contributed by atoms with Crippen molar-refractivity contribution >= 4 is 5.91 Å². The number of nitrogens with one attached hydrogen (secondary N) is 1. The predicted molar refractivity (Wildman–Crippen MR) is 39.3 cm³/mol. The van der Waals surface area contributed by atoms with E-state index in [4.69, 9.17) is 5.73 Å². The van der Waals surface area contributed by atoms with E-state index in [1.54, 1.807) is 0 Å². The molecule has 10 heavy (non-hydrogen) atoms. The molecule has 1 aliphatic heterocycles. The van der Waals surface area contributed by atoms with Crippen LogP contribution in [0.5, 0.6) is 0 Å². The molecular formula is C7H14N2O. The molecule has 3 heteroatoms. The largest absolute Gasteiger partial charge is 0.356 e. The van der Waals surface area contributed by atoms with Crippen molar-refractivity contribution in [3.05, 3.63) is 0 Å². The summed E-state index contributed by atoms with van der Waals surface area (Å²) in [6.45, 7) is 3.59. The van der Waals surface area contributed by atoms with E-state index in [0.717, 1.165) is 6.54 Å². The molecule has 1 aliphatic rings. The number of carbonyl (C=O) groups is 1. The van der Waals surface area contributed by atoms with Crippen molar-refractivity contribution in [2.75, 3.05) is 13.1 Å². The van der Waals surface area contributed by atoms with Crippen LogP contribution in [-0.4, -0.2) is 19.0 Å². The van der Waals surface area contributed by atoms with E-state index in [9.17, 15) is 4.79 Å². The van der Waals surface area contributed by atoms with Gasteiger partial charge in [0, 0.05) is 13.0 Å². The summed E-state index contributed by atoms with van der Waals surface area (Å²) in [7, 11) is 0. The highest BCUT2D eigenvalue weighted by Crippen LogP contribution is 2.17. The first-order chi connectivity index (χ1) is 4.74. The maximum Gasteiger partial charge on any atom is 0.220 e. The zero-order valence-corrected chi connectivity index (χ0v) is 6.26. The molecule has 1 saturated heterocycles. The van der Waals surface area contributed by atoms with E-state index in [1.165, 1.54) is 0 Å². The first-order valence-corrected chi connectivity index (χ1v) is 3.70. The number of amides is 1. The van der Waals surface area contributed by atoms with Gasteiger partial charge in [-0.25, -0.2) is 0 Å². The van der Waals surface area contributed by atoms with Crippen LogP contribution in [0.25, 0.3) is 0 Å². The fourth-order valence-electron chi connectivity index (χ4n) is 1.22. The lowest BCUT2D eigenvalue weighted by Crippen LogP contribution is -2.22. The van der Waals surface area contributed by atoms with Crippen molar-refractivity contribution in [1.29, 1.82) is 0 Å². The third-order valence-electron chi connectivity index (χ3n) is 2.19. The van der Waals surface area contributed by atoms with Crippen LogP contribution in [0.3, 0.4) is 0 Å². The summed E-state index contributed by atoms with van der Waals surface area (Å²) in [5.41, 5.74) is 5.46. The Bertz CT molecular complexity index is 136. The first kappa shape index (κ1) is 7.54. The normalized spacial score (nSPS) is 28.2. The molecule has 1 rings (SSSR count). The topological polar surface area (TPSA) is 55.1 Å². The highest BCUT2D eigenvalue weighted by molar-refractivity contribution is 5.78. The highest BCUT2D eigenvalue weighted by atomic mass is 16.1. The van der Waals surface area contributed by atoms with Gasteiger partial charge in [-0.05, 0) is 18.4 Å².